The SMILES string of the molecule is CCC(C)(C)N(C(=O)C(Cc1ccc(O)cc1)NC(=O)OC(C)(C)C)C(C(=O)NCC(=O)OC)c1ccccc1C. The minimum Gasteiger partial charge on any atom is -0.508 e. The number of carbonyl (C=O) groups excluding carboxylic acids is 4. The Hall–Kier alpha value is -4.08. The Bertz CT molecular complexity index is 1220. The summed E-state index contributed by atoms with van der Waals surface area (Å²) in [6, 6.07) is 11.3. The molecule has 3 N–H and O–H groups in total. The second-order valence-electron chi connectivity index (χ2n) is 11.5. The van der Waals surface area contributed by atoms with Gasteiger partial charge in [0, 0.05) is 12.0 Å². The number of phenolic OH excluding ortho intramolecular Hbond substituents is 1. The summed E-state index contributed by atoms with van der Waals surface area (Å²) in [5, 5.41) is 15.1. The van der Waals surface area contributed by atoms with Crippen LogP contribution in [-0.2, 0) is 30.3 Å². The van der Waals surface area contributed by atoms with Crippen molar-refractivity contribution in [3.63, 3.8) is 0 Å². The van der Waals surface area contributed by atoms with Gasteiger partial charge in [-0.3, -0.25) is 14.4 Å². The van der Waals surface area contributed by atoms with E-state index in [9.17, 15) is 24.3 Å². The Balaban J connectivity index is 2.66. The fourth-order valence-electron chi connectivity index (χ4n) is 4.25. The van der Waals surface area contributed by atoms with Gasteiger partial charge < -0.3 is 30.1 Å². The molecule has 10 nitrogen and oxygen atoms in total. The first-order valence-electron chi connectivity index (χ1n) is 13.6. The topological polar surface area (TPSA) is 134 Å². The van der Waals surface area contributed by atoms with E-state index in [-0.39, 0.29) is 18.7 Å². The second kappa shape index (κ2) is 14.0. The second-order valence-corrected chi connectivity index (χ2v) is 11.5. The zero-order valence-corrected chi connectivity index (χ0v) is 25.2. The van der Waals surface area contributed by atoms with Crippen LogP contribution in [0.2, 0.25) is 0 Å². The van der Waals surface area contributed by atoms with Crippen LogP contribution in [0.4, 0.5) is 4.79 Å². The summed E-state index contributed by atoms with van der Waals surface area (Å²) in [7, 11) is 1.22. The van der Waals surface area contributed by atoms with Crippen LogP contribution in [0.25, 0.3) is 0 Å². The van der Waals surface area contributed by atoms with Crippen LogP contribution in [0.15, 0.2) is 48.5 Å². The maximum Gasteiger partial charge on any atom is 0.408 e. The van der Waals surface area contributed by atoms with Gasteiger partial charge in [0.05, 0.1) is 7.11 Å². The van der Waals surface area contributed by atoms with Crippen molar-refractivity contribution in [3.8, 4) is 5.75 Å². The van der Waals surface area contributed by atoms with Crippen LogP contribution in [0.1, 0.15) is 70.7 Å². The molecule has 224 valence electrons. The highest BCUT2D eigenvalue weighted by atomic mass is 16.6. The first kappa shape index (κ1) is 33.1. The molecular weight excluding hydrogens is 526 g/mol. The minimum absolute atomic E-state index is 0.0624. The van der Waals surface area contributed by atoms with Crippen LogP contribution in [0.3, 0.4) is 0 Å². The Labute approximate surface area is 242 Å². The number of nitrogens with zero attached hydrogens (tertiary/aromatic N) is 1. The molecule has 41 heavy (non-hydrogen) atoms. The van der Waals surface area contributed by atoms with Gasteiger partial charge in [-0.15, -0.1) is 0 Å². The summed E-state index contributed by atoms with van der Waals surface area (Å²) in [5.41, 5.74) is 0.343. The highest BCUT2D eigenvalue weighted by molar-refractivity contribution is 5.94. The Morgan fingerprint density at radius 2 is 1.59 bits per heavy atom. The lowest BCUT2D eigenvalue weighted by Gasteiger charge is -2.45. The summed E-state index contributed by atoms with van der Waals surface area (Å²) >= 11 is 0. The van der Waals surface area contributed by atoms with Gasteiger partial charge in [0.25, 0.3) is 0 Å². The molecule has 3 amide bonds. The Kier molecular flexibility index (Phi) is 11.3. The molecule has 10 heteroatoms. The molecule has 2 unspecified atom stereocenters. The van der Waals surface area contributed by atoms with Crippen molar-refractivity contribution in [2.24, 2.45) is 0 Å². The van der Waals surface area contributed by atoms with Gasteiger partial charge in [0.2, 0.25) is 11.8 Å². The molecule has 2 aromatic rings. The number of benzene rings is 2. The molecule has 0 aliphatic heterocycles. The first-order chi connectivity index (χ1) is 19.1. The fraction of sp³-hybridized carbons (Fsp3) is 0.484. The largest absolute Gasteiger partial charge is 0.508 e. The van der Waals surface area contributed by atoms with E-state index in [2.05, 4.69) is 15.4 Å². The van der Waals surface area contributed by atoms with E-state index >= 15 is 0 Å². The molecule has 0 aromatic heterocycles. The number of phenols is 1. The van der Waals surface area contributed by atoms with Crippen LogP contribution >= 0.6 is 0 Å². The zero-order valence-electron chi connectivity index (χ0n) is 25.2. The van der Waals surface area contributed by atoms with Crippen LogP contribution in [0.5, 0.6) is 5.75 Å². The van der Waals surface area contributed by atoms with Crippen molar-refractivity contribution in [2.45, 2.75) is 84.5 Å². The third kappa shape index (κ3) is 9.51. The summed E-state index contributed by atoms with van der Waals surface area (Å²) in [4.78, 5) is 54.7. The number of nitrogens with one attached hydrogen (secondary N) is 2. The molecular formula is C31H43N3O7. The van der Waals surface area contributed by atoms with Crippen LogP contribution in [-0.4, -0.2) is 64.7 Å². The number of rotatable bonds is 11. The van der Waals surface area contributed by atoms with Crippen molar-refractivity contribution in [2.75, 3.05) is 13.7 Å². The van der Waals surface area contributed by atoms with Gasteiger partial charge in [-0.05, 0) is 76.8 Å². The number of aromatic hydroxyl groups is 1. The van der Waals surface area contributed by atoms with Crippen LogP contribution < -0.4 is 10.6 Å². The third-order valence-corrected chi connectivity index (χ3v) is 6.74. The molecule has 0 spiro atoms. The predicted octanol–water partition coefficient (Wildman–Crippen LogP) is 4.18. The number of carbonyl (C=O) groups is 4. The average Bonchev–Trinajstić information content (AvgIpc) is 2.90. The van der Waals surface area contributed by atoms with Gasteiger partial charge in [-0.1, -0.05) is 43.3 Å². The summed E-state index contributed by atoms with van der Waals surface area (Å²) in [6.45, 7) is 12.2. The molecule has 0 bridgehead atoms. The van der Waals surface area contributed by atoms with E-state index in [1.165, 1.54) is 24.1 Å². The number of esters is 1. The number of alkyl carbamates (subject to hydrolysis) is 1. The summed E-state index contributed by atoms with van der Waals surface area (Å²) < 4.78 is 10.2. The van der Waals surface area contributed by atoms with Gasteiger partial charge in [0.15, 0.2) is 0 Å². The first-order valence-corrected chi connectivity index (χ1v) is 13.6. The van der Waals surface area contributed by atoms with Crippen molar-refractivity contribution in [3.05, 3.63) is 65.2 Å². The van der Waals surface area contributed by atoms with Crippen molar-refractivity contribution < 1.29 is 33.8 Å². The maximum absolute atomic E-state index is 14.6. The third-order valence-electron chi connectivity index (χ3n) is 6.74. The van der Waals surface area contributed by atoms with E-state index in [1.54, 1.807) is 45.0 Å². The normalized spacial score (nSPS) is 13.0. The van der Waals surface area contributed by atoms with Crippen molar-refractivity contribution >= 4 is 23.9 Å². The highest BCUT2D eigenvalue weighted by Gasteiger charge is 2.43. The van der Waals surface area contributed by atoms with Gasteiger partial charge in [-0.25, -0.2) is 4.79 Å². The standard InChI is InChI=1S/C31H43N3O7/c1-9-31(6,7)34(26(23-13-11-10-12-20(23)2)27(37)32-19-25(36)40-8)28(38)24(33-29(39)41-30(3,4)5)18-21-14-16-22(35)17-15-21/h10-17,24,26,35H,9,18-19H2,1-8H3,(H,32,37)(H,33,39). The molecule has 0 radical (unpaired) electrons. The molecule has 0 aliphatic rings. The summed E-state index contributed by atoms with van der Waals surface area (Å²) in [5.74, 6) is -1.66. The summed E-state index contributed by atoms with van der Waals surface area (Å²) in [6.07, 6.45) is -0.241. The average molecular weight is 570 g/mol. The molecule has 0 saturated heterocycles. The lowest BCUT2D eigenvalue weighted by Crippen LogP contribution is -2.60. The zero-order chi connectivity index (χ0) is 31.0. The minimum atomic E-state index is -1.13. The molecule has 0 saturated carbocycles. The number of hydrogen-bond donors (Lipinski definition) is 3. The van der Waals surface area contributed by atoms with Crippen LogP contribution in [0, 0.1) is 6.92 Å². The predicted molar refractivity (Wildman–Crippen MR) is 155 cm³/mol. The van der Waals surface area contributed by atoms with E-state index in [0.717, 1.165) is 5.56 Å². The molecule has 0 heterocycles. The maximum atomic E-state index is 14.6. The number of amides is 3. The molecule has 2 rings (SSSR count). The van der Waals surface area contributed by atoms with Gasteiger partial charge in [-0.2, -0.15) is 0 Å². The number of aryl methyl sites for hydroxylation is 1. The smallest absolute Gasteiger partial charge is 0.408 e. The monoisotopic (exact) mass is 569 g/mol. The molecule has 0 aliphatic carbocycles. The lowest BCUT2D eigenvalue weighted by molar-refractivity contribution is -0.150. The van der Waals surface area contributed by atoms with Crippen molar-refractivity contribution in [1.29, 1.82) is 0 Å². The van der Waals surface area contributed by atoms with E-state index in [1.807, 2.05) is 39.8 Å². The lowest BCUT2D eigenvalue weighted by atomic mass is 9.89. The van der Waals surface area contributed by atoms with E-state index in [0.29, 0.717) is 17.5 Å². The van der Waals surface area contributed by atoms with E-state index < -0.39 is 47.1 Å². The number of hydrogen-bond acceptors (Lipinski definition) is 7. The molecule has 2 atom stereocenters. The number of ether oxygens (including phenoxy) is 2. The molecule has 0 fully saturated rings. The van der Waals surface area contributed by atoms with Crippen molar-refractivity contribution in [1.82, 2.24) is 15.5 Å². The Morgan fingerprint density at radius 1 is 0.976 bits per heavy atom. The van der Waals surface area contributed by atoms with E-state index in [4.69, 9.17) is 4.74 Å². The molecule has 2 aromatic carbocycles. The quantitative estimate of drug-likeness (QED) is 0.346. The van der Waals surface area contributed by atoms with Gasteiger partial charge >= 0.3 is 12.1 Å². The number of methoxy groups -OCH3 is 1. The Morgan fingerprint density at radius 3 is 2.12 bits per heavy atom. The van der Waals surface area contributed by atoms with Gasteiger partial charge in [0.1, 0.15) is 30.0 Å². The highest BCUT2D eigenvalue weighted by Crippen LogP contribution is 2.34. The fourth-order valence-corrected chi connectivity index (χ4v) is 4.25.